The number of nitrogens with zero attached hydrogens (tertiary/aromatic N) is 1. The third-order valence-corrected chi connectivity index (χ3v) is 3.06. The van der Waals surface area contributed by atoms with Gasteiger partial charge in [-0.2, -0.15) is 0 Å². The molecular weight excluding hydrogens is 278 g/mol. The largest absolute Gasteiger partial charge is 0.386 e. The zero-order valence-electron chi connectivity index (χ0n) is 11.3. The molecule has 0 aliphatic heterocycles. The van der Waals surface area contributed by atoms with Crippen LogP contribution in [-0.4, -0.2) is 22.0 Å². The van der Waals surface area contributed by atoms with Crippen molar-refractivity contribution >= 4 is 5.91 Å². The Morgan fingerprint density at radius 2 is 1.86 bits per heavy atom. The number of carbonyl (C=O) groups excluding carboxylic acids is 1. The van der Waals surface area contributed by atoms with Crippen molar-refractivity contribution in [3.63, 3.8) is 0 Å². The molecule has 0 aliphatic rings. The minimum atomic E-state index is -1.15. The molecule has 2 aromatic rings. The first-order chi connectivity index (χ1) is 9.99. The van der Waals surface area contributed by atoms with Gasteiger partial charge in [-0.05, 0) is 36.8 Å². The maximum absolute atomic E-state index is 13.2. The Morgan fingerprint density at radius 1 is 1.19 bits per heavy atom. The molecular formula is C15H14F2N2O2. The van der Waals surface area contributed by atoms with Gasteiger partial charge in [0.15, 0.2) is 11.6 Å². The molecule has 1 aromatic carbocycles. The van der Waals surface area contributed by atoms with Crippen LogP contribution in [0.3, 0.4) is 0 Å². The summed E-state index contributed by atoms with van der Waals surface area (Å²) in [6, 6.07) is 5.52. The zero-order chi connectivity index (χ0) is 15.4. The first kappa shape index (κ1) is 15.1. The fourth-order valence-corrected chi connectivity index (χ4v) is 1.86. The van der Waals surface area contributed by atoms with Gasteiger partial charge in [0, 0.05) is 18.0 Å². The molecule has 1 heterocycles. The van der Waals surface area contributed by atoms with Crippen molar-refractivity contribution in [2.75, 3.05) is 0 Å². The second kappa shape index (κ2) is 6.41. The number of halogens is 2. The van der Waals surface area contributed by atoms with Gasteiger partial charge < -0.3 is 10.4 Å². The SMILES string of the molecule is CC(NC(=O)c1ccncc1)C(O)c1ccc(F)c(F)c1. The first-order valence-corrected chi connectivity index (χ1v) is 6.33. The monoisotopic (exact) mass is 292 g/mol. The Labute approximate surface area is 120 Å². The zero-order valence-corrected chi connectivity index (χ0v) is 11.3. The number of carbonyl (C=O) groups is 1. The smallest absolute Gasteiger partial charge is 0.251 e. The molecule has 0 spiro atoms. The summed E-state index contributed by atoms with van der Waals surface area (Å²) in [4.78, 5) is 15.7. The number of amides is 1. The van der Waals surface area contributed by atoms with Gasteiger partial charge in [0.05, 0.1) is 12.1 Å². The van der Waals surface area contributed by atoms with Crippen LogP contribution in [0.2, 0.25) is 0 Å². The van der Waals surface area contributed by atoms with E-state index in [1.807, 2.05) is 0 Å². The summed E-state index contributed by atoms with van der Waals surface area (Å²) in [5, 5.41) is 12.7. The second-order valence-electron chi connectivity index (χ2n) is 4.62. The highest BCUT2D eigenvalue weighted by Crippen LogP contribution is 2.19. The van der Waals surface area contributed by atoms with E-state index in [1.165, 1.54) is 30.6 Å². The van der Waals surface area contributed by atoms with Gasteiger partial charge in [-0.1, -0.05) is 6.07 Å². The Morgan fingerprint density at radius 3 is 2.48 bits per heavy atom. The van der Waals surface area contributed by atoms with Crippen LogP contribution in [0.25, 0.3) is 0 Å². The topological polar surface area (TPSA) is 62.2 Å². The molecule has 4 nitrogen and oxygen atoms in total. The van der Waals surface area contributed by atoms with Crippen molar-refractivity contribution in [1.29, 1.82) is 0 Å². The average molecular weight is 292 g/mol. The highest BCUT2D eigenvalue weighted by atomic mass is 19.2. The minimum Gasteiger partial charge on any atom is -0.386 e. The molecule has 0 aliphatic carbocycles. The fourth-order valence-electron chi connectivity index (χ4n) is 1.86. The lowest BCUT2D eigenvalue weighted by atomic mass is 10.0. The van der Waals surface area contributed by atoms with Crippen molar-refractivity contribution < 1.29 is 18.7 Å². The van der Waals surface area contributed by atoms with E-state index in [0.717, 1.165) is 12.1 Å². The second-order valence-corrected chi connectivity index (χ2v) is 4.62. The standard InChI is InChI=1S/C15H14F2N2O2/c1-9(19-15(21)10-4-6-18-7-5-10)14(20)11-2-3-12(16)13(17)8-11/h2-9,14,20H,1H3,(H,19,21). The molecule has 1 amide bonds. The summed E-state index contributed by atoms with van der Waals surface area (Å²) in [6.07, 6.45) is 1.81. The van der Waals surface area contributed by atoms with Gasteiger partial charge >= 0.3 is 0 Å². The summed E-state index contributed by atoms with van der Waals surface area (Å²) in [5.74, 6) is -2.41. The summed E-state index contributed by atoms with van der Waals surface area (Å²) in [5.41, 5.74) is 0.589. The van der Waals surface area contributed by atoms with E-state index in [1.54, 1.807) is 6.92 Å². The minimum absolute atomic E-state index is 0.191. The third kappa shape index (κ3) is 3.61. The number of rotatable bonds is 4. The van der Waals surface area contributed by atoms with Gasteiger partial charge in [-0.15, -0.1) is 0 Å². The molecule has 0 saturated heterocycles. The van der Waals surface area contributed by atoms with E-state index >= 15 is 0 Å². The van der Waals surface area contributed by atoms with E-state index in [2.05, 4.69) is 10.3 Å². The molecule has 0 saturated carbocycles. The molecule has 110 valence electrons. The maximum atomic E-state index is 13.2. The molecule has 2 unspecified atom stereocenters. The van der Waals surface area contributed by atoms with Crippen molar-refractivity contribution in [1.82, 2.24) is 10.3 Å². The van der Waals surface area contributed by atoms with Crippen LogP contribution in [0.15, 0.2) is 42.7 Å². The van der Waals surface area contributed by atoms with Gasteiger partial charge in [0.25, 0.3) is 5.91 Å². The van der Waals surface area contributed by atoms with Gasteiger partial charge in [0.1, 0.15) is 0 Å². The normalized spacial score (nSPS) is 13.5. The highest BCUT2D eigenvalue weighted by molar-refractivity contribution is 5.94. The molecule has 21 heavy (non-hydrogen) atoms. The lowest BCUT2D eigenvalue weighted by molar-refractivity contribution is 0.0851. The predicted molar refractivity (Wildman–Crippen MR) is 72.5 cm³/mol. The van der Waals surface area contributed by atoms with Crippen molar-refractivity contribution in [3.8, 4) is 0 Å². The Balaban J connectivity index is 2.07. The average Bonchev–Trinajstić information content (AvgIpc) is 2.50. The number of hydrogen-bond acceptors (Lipinski definition) is 3. The van der Waals surface area contributed by atoms with E-state index in [0.29, 0.717) is 5.56 Å². The van der Waals surface area contributed by atoms with Crippen molar-refractivity contribution in [3.05, 3.63) is 65.5 Å². The van der Waals surface area contributed by atoms with E-state index in [4.69, 9.17) is 0 Å². The van der Waals surface area contributed by atoms with Crippen LogP contribution in [-0.2, 0) is 0 Å². The van der Waals surface area contributed by atoms with E-state index < -0.39 is 23.8 Å². The number of pyridine rings is 1. The van der Waals surface area contributed by atoms with Crippen LogP contribution in [0, 0.1) is 11.6 Å². The number of aromatic nitrogens is 1. The summed E-state index contributed by atoms with van der Waals surface area (Å²) >= 11 is 0. The van der Waals surface area contributed by atoms with Gasteiger partial charge in [-0.3, -0.25) is 9.78 Å². The van der Waals surface area contributed by atoms with E-state index in [-0.39, 0.29) is 11.5 Å². The number of benzene rings is 1. The molecule has 0 radical (unpaired) electrons. The van der Waals surface area contributed by atoms with Gasteiger partial charge in [0.2, 0.25) is 0 Å². The fraction of sp³-hybridized carbons (Fsp3) is 0.200. The van der Waals surface area contributed by atoms with Crippen LogP contribution < -0.4 is 5.32 Å². The Kier molecular flexibility index (Phi) is 4.59. The number of hydrogen-bond donors (Lipinski definition) is 2. The quantitative estimate of drug-likeness (QED) is 0.908. The van der Waals surface area contributed by atoms with E-state index in [9.17, 15) is 18.7 Å². The van der Waals surface area contributed by atoms with Crippen LogP contribution in [0.5, 0.6) is 0 Å². The predicted octanol–water partition coefficient (Wildman–Crippen LogP) is 2.21. The van der Waals surface area contributed by atoms with Crippen LogP contribution in [0.4, 0.5) is 8.78 Å². The number of aliphatic hydroxyl groups is 1. The number of nitrogens with one attached hydrogen (secondary N) is 1. The highest BCUT2D eigenvalue weighted by Gasteiger charge is 2.20. The maximum Gasteiger partial charge on any atom is 0.251 e. The lowest BCUT2D eigenvalue weighted by Gasteiger charge is -2.20. The first-order valence-electron chi connectivity index (χ1n) is 6.33. The molecule has 2 atom stereocenters. The van der Waals surface area contributed by atoms with Crippen LogP contribution >= 0.6 is 0 Å². The molecule has 2 N–H and O–H groups in total. The lowest BCUT2D eigenvalue weighted by Crippen LogP contribution is -2.37. The molecule has 2 rings (SSSR count). The van der Waals surface area contributed by atoms with Crippen LogP contribution in [0.1, 0.15) is 28.9 Å². The van der Waals surface area contributed by atoms with Crippen molar-refractivity contribution in [2.24, 2.45) is 0 Å². The van der Waals surface area contributed by atoms with Crippen molar-refractivity contribution in [2.45, 2.75) is 19.1 Å². The molecule has 1 aromatic heterocycles. The molecule has 0 fully saturated rings. The Bertz CT molecular complexity index is 635. The summed E-state index contributed by atoms with van der Waals surface area (Å²) < 4.78 is 26.0. The third-order valence-electron chi connectivity index (χ3n) is 3.06. The van der Waals surface area contributed by atoms with Gasteiger partial charge in [-0.25, -0.2) is 8.78 Å². The summed E-state index contributed by atoms with van der Waals surface area (Å²) in [6.45, 7) is 1.57. The number of aliphatic hydroxyl groups excluding tert-OH is 1. The Hall–Kier alpha value is -2.34. The molecule has 6 heteroatoms. The summed E-state index contributed by atoms with van der Waals surface area (Å²) in [7, 11) is 0. The molecule has 0 bridgehead atoms.